The standard InChI is InChI=1S/C8H2Cl3F3O2/c9-3-1-5(11)6(2-4(3)10)16-7(15)8(12,13)14/h1-2H. The van der Waals surface area contributed by atoms with Crippen LogP contribution in [-0.4, -0.2) is 12.1 Å². The minimum Gasteiger partial charge on any atom is -0.418 e. The number of rotatable bonds is 1. The van der Waals surface area contributed by atoms with Crippen LogP contribution in [0.3, 0.4) is 0 Å². The highest BCUT2D eigenvalue weighted by molar-refractivity contribution is 6.43. The number of carbonyl (C=O) groups is 1. The van der Waals surface area contributed by atoms with Crippen molar-refractivity contribution in [3.05, 3.63) is 27.2 Å². The fourth-order valence-corrected chi connectivity index (χ4v) is 1.32. The third-order valence-electron chi connectivity index (χ3n) is 1.41. The molecular formula is C8H2Cl3F3O2. The molecule has 2 nitrogen and oxygen atoms in total. The minimum atomic E-state index is -5.10. The van der Waals surface area contributed by atoms with Crippen LogP contribution < -0.4 is 4.74 Å². The average molecular weight is 293 g/mol. The van der Waals surface area contributed by atoms with Crippen LogP contribution in [0.25, 0.3) is 0 Å². The van der Waals surface area contributed by atoms with E-state index in [-0.39, 0.29) is 15.1 Å². The normalized spacial score (nSPS) is 11.4. The molecule has 0 aliphatic heterocycles. The summed E-state index contributed by atoms with van der Waals surface area (Å²) in [6.07, 6.45) is -5.10. The van der Waals surface area contributed by atoms with Crippen LogP contribution in [0.2, 0.25) is 15.1 Å². The van der Waals surface area contributed by atoms with Gasteiger partial charge in [0.25, 0.3) is 0 Å². The first-order valence-corrected chi connectivity index (χ1v) is 4.78. The van der Waals surface area contributed by atoms with E-state index in [4.69, 9.17) is 34.8 Å². The summed E-state index contributed by atoms with van der Waals surface area (Å²) < 4.78 is 39.6. The Labute approximate surface area is 103 Å². The van der Waals surface area contributed by atoms with Crippen molar-refractivity contribution in [3.8, 4) is 5.75 Å². The van der Waals surface area contributed by atoms with Gasteiger partial charge in [-0.15, -0.1) is 0 Å². The third-order valence-corrected chi connectivity index (χ3v) is 2.43. The van der Waals surface area contributed by atoms with E-state index in [2.05, 4.69) is 4.74 Å². The second kappa shape index (κ2) is 4.69. The van der Waals surface area contributed by atoms with Crippen LogP contribution in [0, 0.1) is 0 Å². The Hall–Kier alpha value is -0.650. The van der Waals surface area contributed by atoms with Gasteiger partial charge in [0, 0.05) is 6.07 Å². The van der Waals surface area contributed by atoms with Crippen LogP contribution in [0.15, 0.2) is 12.1 Å². The largest absolute Gasteiger partial charge is 0.491 e. The Kier molecular flexibility index (Phi) is 3.93. The van der Waals surface area contributed by atoms with Gasteiger partial charge in [-0.05, 0) is 6.07 Å². The summed E-state index contributed by atoms with van der Waals surface area (Å²) in [6.45, 7) is 0. The van der Waals surface area contributed by atoms with Gasteiger partial charge in [-0.3, -0.25) is 0 Å². The molecule has 8 heteroatoms. The van der Waals surface area contributed by atoms with Gasteiger partial charge in [-0.25, -0.2) is 4.79 Å². The molecule has 0 saturated heterocycles. The van der Waals surface area contributed by atoms with Gasteiger partial charge in [-0.1, -0.05) is 34.8 Å². The molecule has 1 aromatic rings. The second-order valence-corrected chi connectivity index (χ2v) is 3.81. The lowest BCUT2D eigenvalue weighted by molar-refractivity contribution is -0.189. The number of benzene rings is 1. The van der Waals surface area contributed by atoms with Crippen LogP contribution >= 0.6 is 34.8 Å². The second-order valence-electron chi connectivity index (χ2n) is 2.58. The van der Waals surface area contributed by atoms with Gasteiger partial charge >= 0.3 is 12.1 Å². The van der Waals surface area contributed by atoms with Crippen LogP contribution in [0.4, 0.5) is 13.2 Å². The first-order chi connectivity index (χ1) is 7.21. The lowest BCUT2D eigenvalue weighted by Crippen LogP contribution is -2.28. The number of hydrogen-bond acceptors (Lipinski definition) is 2. The summed E-state index contributed by atoms with van der Waals surface area (Å²) >= 11 is 16.6. The van der Waals surface area contributed by atoms with E-state index in [1.54, 1.807) is 0 Å². The lowest BCUT2D eigenvalue weighted by atomic mass is 10.3. The topological polar surface area (TPSA) is 26.3 Å². The highest BCUT2D eigenvalue weighted by Gasteiger charge is 2.41. The number of ether oxygens (including phenoxy) is 1. The molecule has 0 atom stereocenters. The lowest BCUT2D eigenvalue weighted by Gasteiger charge is -2.09. The molecule has 0 N–H and O–H groups in total. The molecule has 0 aliphatic rings. The van der Waals surface area contributed by atoms with Crippen molar-refractivity contribution in [1.29, 1.82) is 0 Å². The molecular weight excluding hydrogens is 291 g/mol. The molecule has 0 unspecified atom stereocenters. The van der Waals surface area contributed by atoms with Gasteiger partial charge in [0.15, 0.2) is 5.75 Å². The summed E-state index contributed by atoms with van der Waals surface area (Å²) in [4.78, 5) is 10.5. The maximum absolute atomic E-state index is 11.9. The third kappa shape index (κ3) is 3.17. The van der Waals surface area contributed by atoms with Gasteiger partial charge in [0.1, 0.15) is 0 Å². The number of esters is 1. The van der Waals surface area contributed by atoms with E-state index >= 15 is 0 Å². The molecule has 0 aliphatic carbocycles. The van der Waals surface area contributed by atoms with Crippen LogP contribution in [0.1, 0.15) is 0 Å². The predicted octanol–water partition coefficient (Wildman–Crippen LogP) is 4.11. The maximum Gasteiger partial charge on any atom is 0.491 e. The molecule has 0 fully saturated rings. The van der Waals surface area contributed by atoms with Crippen LogP contribution in [0.5, 0.6) is 5.75 Å². The molecule has 0 radical (unpaired) electrons. The van der Waals surface area contributed by atoms with E-state index in [0.29, 0.717) is 0 Å². The van der Waals surface area contributed by atoms with Gasteiger partial charge in [-0.2, -0.15) is 13.2 Å². The number of halogens is 6. The molecule has 16 heavy (non-hydrogen) atoms. The number of carbonyl (C=O) groups excluding carboxylic acids is 1. The monoisotopic (exact) mass is 292 g/mol. The molecule has 1 rings (SSSR count). The Morgan fingerprint density at radius 3 is 2.06 bits per heavy atom. The molecule has 0 aromatic heterocycles. The van der Waals surface area contributed by atoms with E-state index in [0.717, 1.165) is 12.1 Å². The highest BCUT2D eigenvalue weighted by atomic mass is 35.5. The van der Waals surface area contributed by atoms with E-state index in [1.165, 1.54) is 0 Å². The summed E-state index contributed by atoms with van der Waals surface area (Å²) in [5, 5.41) is -0.276. The molecule has 0 bridgehead atoms. The van der Waals surface area contributed by atoms with Crippen molar-refractivity contribution in [3.63, 3.8) is 0 Å². The fourth-order valence-electron chi connectivity index (χ4n) is 0.740. The predicted molar refractivity (Wildman–Crippen MR) is 53.2 cm³/mol. The zero-order valence-corrected chi connectivity index (χ0v) is 9.51. The molecule has 0 heterocycles. The smallest absolute Gasteiger partial charge is 0.418 e. The maximum atomic E-state index is 11.9. The zero-order chi connectivity index (χ0) is 12.5. The van der Waals surface area contributed by atoms with Gasteiger partial charge < -0.3 is 4.74 Å². The summed E-state index contributed by atoms with van der Waals surface area (Å²) in [7, 11) is 0. The van der Waals surface area contributed by atoms with Crippen LogP contribution in [-0.2, 0) is 4.79 Å². The van der Waals surface area contributed by atoms with Crippen molar-refractivity contribution in [1.82, 2.24) is 0 Å². The average Bonchev–Trinajstić information content (AvgIpc) is 2.12. The Morgan fingerprint density at radius 1 is 1.06 bits per heavy atom. The molecule has 0 saturated carbocycles. The number of hydrogen-bond donors (Lipinski definition) is 0. The molecule has 88 valence electrons. The van der Waals surface area contributed by atoms with Crippen molar-refractivity contribution < 1.29 is 22.7 Å². The first-order valence-electron chi connectivity index (χ1n) is 3.65. The quantitative estimate of drug-likeness (QED) is 0.442. The van der Waals surface area contributed by atoms with Crippen molar-refractivity contribution in [2.24, 2.45) is 0 Å². The molecule has 1 aromatic carbocycles. The first kappa shape index (κ1) is 13.4. The SMILES string of the molecule is O=C(Oc1cc(Cl)c(Cl)cc1Cl)C(F)(F)F. The van der Waals surface area contributed by atoms with E-state index in [9.17, 15) is 18.0 Å². The minimum absolute atomic E-state index is 0.0403. The van der Waals surface area contributed by atoms with Crippen molar-refractivity contribution in [2.45, 2.75) is 6.18 Å². The number of alkyl halides is 3. The summed E-state index contributed by atoms with van der Waals surface area (Å²) in [5.41, 5.74) is 0. The Morgan fingerprint density at radius 2 is 1.56 bits per heavy atom. The fraction of sp³-hybridized carbons (Fsp3) is 0.125. The highest BCUT2D eigenvalue weighted by Crippen LogP contribution is 2.34. The van der Waals surface area contributed by atoms with Gasteiger partial charge in [0.05, 0.1) is 15.1 Å². The summed E-state index contributed by atoms with van der Waals surface area (Å²) in [6, 6.07) is 2.00. The van der Waals surface area contributed by atoms with E-state index in [1.807, 2.05) is 0 Å². The molecule has 0 amide bonds. The zero-order valence-electron chi connectivity index (χ0n) is 7.24. The Balaban J connectivity index is 2.99. The molecule has 0 spiro atoms. The van der Waals surface area contributed by atoms with Crippen molar-refractivity contribution >= 4 is 40.8 Å². The Bertz CT molecular complexity index is 431. The summed E-state index contributed by atoms with van der Waals surface area (Å²) in [5.74, 6) is -2.88. The van der Waals surface area contributed by atoms with Crippen molar-refractivity contribution in [2.75, 3.05) is 0 Å². The van der Waals surface area contributed by atoms with E-state index < -0.39 is 17.9 Å². The van der Waals surface area contributed by atoms with Gasteiger partial charge in [0.2, 0.25) is 0 Å².